The molecule has 1 amide bonds. The van der Waals surface area contributed by atoms with Crippen LogP contribution >= 0.6 is 11.6 Å². The highest BCUT2D eigenvalue weighted by atomic mass is 35.5. The second kappa shape index (κ2) is 7.04. The molecule has 0 aliphatic rings. The summed E-state index contributed by atoms with van der Waals surface area (Å²) in [6.07, 6.45) is 0.577. The summed E-state index contributed by atoms with van der Waals surface area (Å²) < 4.78 is 0. The summed E-state index contributed by atoms with van der Waals surface area (Å²) in [5, 5.41) is 14.2. The number of hydrogen-bond donors (Lipinski definition) is 1. The Bertz CT molecular complexity index is 686. The SMILES string of the molecule is CCC(C(=O)Nc1ccccc1[N+](=O)[O-])c1ccc(Cl)cc1. The number of para-hydroxylation sites is 2. The van der Waals surface area contributed by atoms with Gasteiger partial charge in [-0.2, -0.15) is 0 Å². The molecule has 0 bridgehead atoms. The van der Waals surface area contributed by atoms with Crippen molar-refractivity contribution in [1.82, 2.24) is 0 Å². The molecule has 22 heavy (non-hydrogen) atoms. The first-order valence-corrected chi connectivity index (χ1v) is 7.20. The normalized spacial score (nSPS) is 11.7. The van der Waals surface area contributed by atoms with Crippen molar-refractivity contribution in [2.75, 3.05) is 5.32 Å². The minimum Gasteiger partial charge on any atom is -0.320 e. The average Bonchev–Trinajstić information content (AvgIpc) is 2.50. The third-order valence-corrected chi connectivity index (χ3v) is 3.61. The molecule has 0 heterocycles. The van der Waals surface area contributed by atoms with Crippen molar-refractivity contribution in [2.45, 2.75) is 19.3 Å². The Morgan fingerprint density at radius 3 is 2.45 bits per heavy atom. The van der Waals surface area contributed by atoms with Crippen LogP contribution in [0.5, 0.6) is 0 Å². The van der Waals surface area contributed by atoms with Gasteiger partial charge in [0.25, 0.3) is 5.69 Å². The standard InChI is InChI=1S/C16H15ClN2O3/c1-2-13(11-7-9-12(17)10-8-11)16(20)18-14-5-3-4-6-15(14)19(21)22/h3-10,13H,2H2,1H3,(H,18,20). The van der Waals surface area contributed by atoms with Crippen molar-refractivity contribution in [3.8, 4) is 0 Å². The van der Waals surface area contributed by atoms with Crippen LogP contribution in [-0.4, -0.2) is 10.8 Å². The number of nitro benzene ring substituents is 1. The molecular weight excluding hydrogens is 304 g/mol. The maximum atomic E-state index is 12.4. The molecule has 114 valence electrons. The molecule has 0 spiro atoms. The van der Waals surface area contributed by atoms with E-state index >= 15 is 0 Å². The Kier molecular flexibility index (Phi) is 5.12. The zero-order chi connectivity index (χ0) is 16.1. The van der Waals surface area contributed by atoms with Gasteiger partial charge in [0.05, 0.1) is 10.8 Å². The van der Waals surface area contributed by atoms with E-state index in [1.165, 1.54) is 12.1 Å². The van der Waals surface area contributed by atoms with E-state index in [-0.39, 0.29) is 17.3 Å². The number of hydrogen-bond acceptors (Lipinski definition) is 3. The van der Waals surface area contributed by atoms with Gasteiger partial charge in [-0.25, -0.2) is 0 Å². The molecule has 6 heteroatoms. The first-order valence-electron chi connectivity index (χ1n) is 6.82. The van der Waals surface area contributed by atoms with Gasteiger partial charge >= 0.3 is 0 Å². The molecule has 0 saturated heterocycles. The molecule has 2 aromatic carbocycles. The Morgan fingerprint density at radius 2 is 1.86 bits per heavy atom. The van der Waals surface area contributed by atoms with Crippen LogP contribution in [-0.2, 0) is 4.79 Å². The first-order chi connectivity index (χ1) is 10.5. The molecule has 0 radical (unpaired) electrons. The number of carbonyl (C=O) groups is 1. The number of nitro groups is 1. The lowest BCUT2D eigenvalue weighted by Gasteiger charge is -2.15. The van der Waals surface area contributed by atoms with Crippen LogP contribution in [0.3, 0.4) is 0 Å². The summed E-state index contributed by atoms with van der Waals surface area (Å²) in [6.45, 7) is 1.89. The fourth-order valence-corrected chi connectivity index (χ4v) is 2.35. The lowest BCUT2D eigenvalue weighted by molar-refractivity contribution is -0.383. The highest BCUT2D eigenvalue weighted by molar-refractivity contribution is 6.30. The van der Waals surface area contributed by atoms with Crippen molar-refractivity contribution < 1.29 is 9.72 Å². The highest BCUT2D eigenvalue weighted by Crippen LogP contribution is 2.27. The van der Waals surface area contributed by atoms with Gasteiger partial charge < -0.3 is 5.32 Å². The zero-order valence-corrected chi connectivity index (χ0v) is 12.7. The fraction of sp³-hybridized carbons (Fsp3) is 0.188. The quantitative estimate of drug-likeness (QED) is 0.656. The number of anilines is 1. The second-order valence-electron chi connectivity index (χ2n) is 4.78. The number of halogens is 1. The van der Waals surface area contributed by atoms with E-state index < -0.39 is 10.8 Å². The van der Waals surface area contributed by atoms with Gasteiger partial charge in [0.15, 0.2) is 0 Å². The number of amides is 1. The lowest BCUT2D eigenvalue weighted by Crippen LogP contribution is -2.21. The smallest absolute Gasteiger partial charge is 0.292 e. The Labute approximate surface area is 133 Å². The van der Waals surface area contributed by atoms with Gasteiger partial charge in [0, 0.05) is 11.1 Å². The second-order valence-corrected chi connectivity index (χ2v) is 5.21. The molecule has 2 rings (SSSR count). The summed E-state index contributed by atoms with van der Waals surface area (Å²) in [6, 6.07) is 13.1. The molecule has 2 aromatic rings. The van der Waals surface area contributed by atoms with Gasteiger partial charge in [-0.15, -0.1) is 0 Å². The van der Waals surface area contributed by atoms with E-state index in [2.05, 4.69) is 5.32 Å². The molecule has 1 atom stereocenters. The number of nitrogens with zero attached hydrogens (tertiary/aromatic N) is 1. The van der Waals surface area contributed by atoms with Crippen LogP contribution in [0.1, 0.15) is 24.8 Å². The summed E-state index contributed by atoms with van der Waals surface area (Å²) >= 11 is 5.85. The third kappa shape index (κ3) is 3.62. The molecule has 0 aliphatic heterocycles. The number of carbonyl (C=O) groups excluding carboxylic acids is 1. The summed E-state index contributed by atoms with van der Waals surface area (Å²) in [7, 11) is 0. The van der Waals surface area contributed by atoms with Gasteiger partial charge in [0.1, 0.15) is 5.69 Å². The third-order valence-electron chi connectivity index (χ3n) is 3.36. The number of benzene rings is 2. The molecule has 0 aliphatic carbocycles. The summed E-state index contributed by atoms with van der Waals surface area (Å²) in [4.78, 5) is 22.9. The molecule has 0 aromatic heterocycles. The number of rotatable bonds is 5. The average molecular weight is 319 g/mol. The molecule has 5 nitrogen and oxygen atoms in total. The predicted octanol–water partition coefficient (Wildman–Crippen LogP) is 4.38. The Hall–Kier alpha value is -2.40. The minimum absolute atomic E-state index is 0.123. The van der Waals surface area contributed by atoms with Crippen LogP contribution in [0.4, 0.5) is 11.4 Å². The fourth-order valence-electron chi connectivity index (χ4n) is 2.23. The van der Waals surface area contributed by atoms with Crippen LogP contribution in [0.15, 0.2) is 48.5 Å². The highest BCUT2D eigenvalue weighted by Gasteiger charge is 2.22. The van der Waals surface area contributed by atoms with Crippen molar-refractivity contribution >= 4 is 28.9 Å². The molecular formula is C16H15ClN2O3. The molecule has 0 fully saturated rings. The maximum absolute atomic E-state index is 12.4. The van der Waals surface area contributed by atoms with Crippen molar-refractivity contribution in [1.29, 1.82) is 0 Å². The first kappa shape index (κ1) is 16.0. The van der Waals surface area contributed by atoms with E-state index in [1.807, 2.05) is 6.92 Å². The van der Waals surface area contributed by atoms with Crippen LogP contribution in [0, 0.1) is 10.1 Å². The van der Waals surface area contributed by atoms with E-state index in [0.717, 1.165) is 5.56 Å². The van der Waals surface area contributed by atoms with Crippen LogP contribution in [0.25, 0.3) is 0 Å². The maximum Gasteiger partial charge on any atom is 0.292 e. The van der Waals surface area contributed by atoms with Crippen LogP contribution in [0.2, 0.25) is 5.02 Å². The van der Waals surface area contributed by atoms with Gasteiger partial charge in [-0.05, 0) is 30.2 Å². The van der Waals surface area contributed by atoms with Crippen molar-refractivity contribution in [3.05, 3.63) is 69.2 Å². The van der Waals surface area contributed by atoms with Gasteiger partial charge in [0.2, 0.25) is 5.91 Å². The topological polar surface area (TPSA) is 72.2 Å². The molecule has 1 N–H and O–H groups in total. The summed E-state index contributed by atoms with van der Waals surface area (Å²) in [5.74, 6) is -0.670. The summed E-state index contributed by atoms with van der Waals surface area (Å²) in [5.41, 5.74) is 0.898. The van der Waals surface area contributed by atoms with Gasteiger partial charge in [-0.1, -0.05) is 42.8 Å². The zero-order valence-electron chi connectivity index (χ0n) is 12.0. The number of nitrogens with one attached hydrogen (secondary N) is 1. The van der Waals surface area contributed by atoms with Crippen LogP contribution < -0.4 is 5.32 Å². The molecule has 0 saturated carbocycles. The van der Waals surface area contributed by atoms with Crippen molar-refractivity contribution in [3.63, 3.8) is 0 Å². The van der Waals surface area contributed by atoms with Gasteiger partial charge in [-0.3, -0.25) is 14.9 Å². The Morgan fingerprint density at radius 1 is 1.23 bits per heavy atom. The predicted molar refractivity (Wildman–Crippen MR) is 86.2 cm³/mol. The lowest BCUT2D eigenvalue weighted by atomic mass is 9.95. The van der Waals surface area contributed by atoms with Crippen molar-refractivity contribution in [2.24, 2.45) is 0 Å². The molecule has 1 unspecified atom stereocenters. The van der Waals surface area contributed by atoms with E-state index in [1.54, 1.807) is 36.4 Å². The van der Waals surface area contributed by atoms with E-state index in [9.17, 15) is 14.9 Å². The van der Waals surface area contributed by atoms with E-state index in [0.29, 0.717) is 11.4 Å². The monoisotopic (exact) mass is 318 g/mol. The largest absolute Gasteiger partial charge is 0.320 e. The Balaban J connectivity index is 2.23. The minimum atomic E-state index is -0.515. The van der Waals surface area contributed by atoms with E-state index in [4.69, 9.17) is 11.6 Å².